The van der Waals surface area contributed by atoms with E-state index in [4.69, 9.17) is 0 Å². The van der Waals surface area contributed by atoms with E-state index < -0.39 is 10.8 Å². The van der Waals surface area contributed by atoms with Crippen LogP contribution in [0.25, 0.3) is 0 Å². The van der Waals surface area contributed by atoms with Crippen molar-refractivity contribution >= 4 is 28.9 Å². The third kappa shape index (κ3) is 7.02. The van der Waals surface area contributed by atoms with E-state index in [-0.39, 0.29) is 17.5 Å². The Balaban J connectivity index is 1.97. The van der Waals surface area contributed by atoms with Crippen molar-refractivity contribution in [1.82, 2.24) is 5.43 Å². The molecule has 0 radical (unpaired) electrons. The van der Waals surface area contributed by atoms with Gasteiger partial charge in [0.2, 0.25) is 5.91 Å². The molecule has 2 aromatic rings. The highest BCUT2D eigenvalue weighted by Crippen LogP contribution is 2.18. The topological polar surface area (TPSA) is 114 Å². The van der Waals surface area contributed by atoms with Gasteiger partial charge < -0.3 is 5.32 Å². The van der Waals surface area contributed by atoms with Gasteiger partial charge in [-0.15, -0.1) is 0 Å². The quantitative estimate of drug-likeness (QED) is 0.321. The molecule has 2 amide bonds. The second-order valence-corrected chi connectivity index (χ2v) is 7.28. The van der Waals surface area contributed by atoms with E-state index in [9.17, 15) is 19.7 Å². The number of nitrogens with zero attached hydrogens (tertiary/aromatic N) is 2. The predicted molar refractivity (Wildman–Crippen MR) is 121 cm³/mol. The molecule has 0 heterocycles. The fraction of sp³-hybridized carbons (Fsp3) is 0.348. The summed E-state index contributed by atoms with van der Waals surface area (Å²) in [6, 6.07) is 12.5. The molecule has 0 aliphatic rings. The molecule has 2 N–H and O–H groups in total. The third-order valence-corrected chi connectivity index (χ3v) is 4.88. The number of rotatable bonds is 10. The van der Waals surface area contributed by atoms with Crippen molar-refractivity contribution in [2.24, 2.45) is 11.0 Å². The maximum absolute atomic E-state index is 12.4. The maximum Gasteiger partial charge on any atom is 0.271 e. The second kappa shape index (κ2) is 11.6. The van der Waals surface area contributed by atoms with Crippen molar-refractivity contribution in [3.05, 3.63) is 69.8 Å². The zero-order valence-corrected chi connectivity index (χ0v) is 18.1. The molecule has 0 atom stereocenters. The molecule has 8 heteroatoms. The maximum atomic E-state index is 12.4. The molecule has 0 spiro atoms. The molecule has 0 saturated carbocycles. The van der Waals surface area contributed by atoms with Crippen molar-refractivity contribution in [1.29, 1.82) is 0 Å². The summed E-state index contributed by atoms with van der Waals surface area (Å²) in [6.45, 7) is 5.83. The fourth-order valence-electron chi connectivity index (χ4n) is 3.14. The Kier molecular flexibility index (Phi) is 8.87. The van der Waals surface area contributed by atoms with Crippen molar-refractivity contribution in [3.63, 3.8) is 0 Å². The first-order chi connectivity index (χ1) is 14.8. The molecule has 2 rings (SSSR count). The number of hydrazone groups is 1. The van der Waals surface area contributed by atoms with Gasteiger partial charge >= 0.3 is 0 Å². The summed E-state index contributed by atoms with van der Waals surface area (Å²) in [7, 11) is 0. The lowest BCUT2D eigenvalue weighted by Gasteiger charge is -2.15. The molecule has 2 aromatic carbocycles. The smallest absolute Gasteiger partial charge is 0.271 e. The van der Waals surface area contributed by atoms with Gasteiger partial charge in [0, 0.05) is 29.3 Å². The summed E-state index contributed by atoms with van der Waals surface area (Å²) in [6.07, 6.45) is 3.62. The van der Waals surface area contributed by atoms with Gasteiger partial charge in [-0.05, 0) is 61.7 Å². The average molecular weight is 425 g/mol. The van der Waals surface area contributed by atoms with Gasteiger partial charge in [-0.25, -0.2) is 5.43 Å². The van der Waals surface area contributed by atoms with Crippen LogP contribution in [0.4, 0.5) is 11.4 Å². The molecule has 8 nitrogen and oxygen atoms in total. The first-order valence-electron chi connectivity index (χ1n) is 10.4. The molecule has 164 valence electrons. The van der Waals surface area contributed by atoms with E-state index in [1.54, 1.807) is 43.3 Å². The van der Waals surface area contributed by atoms with Gasteiger partial charge in [-0.1, -0.05) is 26.7 Å². The number of benzene rings is 2. The summed E-state index contributed by atoms with van der Waals surface area (Å²) in [5.74, 6) is -0.395. The van der Waals surface area contributed by atoms with Gasteiger partial charge in [0.05, 0.1) is 10.6 Å². The first-order valence-corrected chi connectivity index (χ1v) is 10.4. The number of nitro groups is 1. The number of nitrogens with one attached hydrogen (secondary N) is 2. The minimum absolute atomic E-state index is 0.00391. The van der Waals surface area contributed by atoms with Gasteiger partial charge in [0.25, 0.3) is 11.6 Å². The van der Waals surface area contributed by atoms with E-state index in [2.05, 4.69) is 29.7 Å². The molecule has 31 heavy (non-hydrogen) atoms. The number of nitro benzene ring substituents is 1. The van der Waals surface area contributed by atoms with Crippen LogP contribution in [0.3, 0.4) is 0 Å². The van der Waals surface area contributed by atoms with E-state index in [1.165, 1.54) is 12.1 Å². The second-order valence-electron chi connectivity index (χ2n) is 7.28. The molecule has 0 aliphatic carbocycles. The van der Waals surface area contributed by atoms with Gasteiger partial charge in [-0.2, -0.15) is 5.10 Å². The lowest BCUT2D eigenvalue weighted by atomic mass is 9.97. The van der Waals surface area contributed by atoms with Gasteiger partial charge in [0.1, 0.15) is 0 Å². The summed E-state index contributed by atoms with van der Waals surface area (Å²) in [5.41, 5.74) is 4.69. The highest BCUT2D eigenvalue weighted by Gasteiger charge is 2.16. The Bertz CT molecular complexity index is 931. The largest absolute Gasteiger partial charge is 0.326 e. The van der Waals surface area contributed by atoms with Crippen LogP contribution in [0.1, 0.15) is 62.4 Å². The number of hydrogen-bond acceptors (Lipinski definition) is 5. The van der Waals surface area contributed by atoms with Crippen LogP contribution in [0.2, 0.25) is 0 Å². The molecule has 0 unspecified atom stereocenters. The van der Waals surface area contributed by atoms with Gasteiger partial charge in [0.15, 0.2) is 0 Å². The van der Waals surface area contributed by atoms with Crippen LogP contribution in [-0.4, -0.2) is 22.4 Å². The van der Waals surface area contributed by atoms with Crippen LogP contribution in [0.5, 0.6) is 0 Å². The number of amides is 2. The number of non-ortho nitro benzene ring substituents is 1. The monoisotopic (exact) mass is 424 g/mol. The van der Waals surface area contributed by atoms with Crippen molar-refractivity contribution in [2.75, 3.05) is 5.32 Å². The average Bonchev–Trinajstić information content (AvgIpc) is 2.77. The van der Waals surface area contributed by atoms with E-state index in [1.807, 2.05) is 0 Å². The molecule has 0 fully saturated rings. The Morgan fingerprint density at radius 3 is 2.03 bits per heavy atom. The van der Waals surface area contributed by atoms with Crippen LogP contribution in [0.15, 0.2) is 53.6 Å². The number of carbonyl (C=O) groups is 2. The first kappa shape index (κ1) is 23.7. The Hall–Kier alpha value is -3.55. The fourth-order valence-corrected chi connectivity index (χ4v) is 3.14. The zero-order valence-electron chi connectivity index (χ0n) is 18.1. The van der Waals surface area contributed by atoms with E-state index in [0.29, 0.717) is 22.5 Å². The molecular weight excluding hydrogens is 396 g/mol. The summed E-state index contributed by atoms with van der Waals surface area (Å²) < 4.78 is 0. The van der Waals surface area contributed by atoms with Crippen molar-refractivity contribution < 1.29 is 14.5 Å². The van der Waals surface area contributed by atoms with Crippen molar-refractivity contribution in [2.45, 2.75) is 46.5 Å². The van der Waals surface area contributed by atoms with Crippen LogP contribution in [0, 0.1) is 16.0 Å². The van der Waals surface area contributed by atoms with Crippen LogP contribution in [-0.2, 0) is 4.79 Å². The lowest BCUT2D eigenvalue weighted by molar-refractivity contribution is -0.384. The Labute approximate surface area is 181 Å². The minimum atomic E-state index is -0.474. The number of anilines is 1. The normalized spacial score (nSPS) is 11.3. The predicted octanol–water partition coefficient (Wildman–Crippen LogP) is 4.90. The Morgan fingerprint density at radius 1 is 0.968 bits per heavy atom. The van der Waals surface area contributed by atoms with Crippen molar-refractivity contribution in [3.8, 4) is 0 Å². The summed E-state index contributed by atoms with van der Waals surface area (Å²) in [4.78, 5) is 35.0. The van der Waals surface area contributed by atoms with Gasteiger partial charge in [-0.3, -0.25) is 19.7 Å². The molecule has 0 aliphatic heterocycles. The third-order valence-electron chi connectivity index (χ3n) is 4.88. The van der Waals surface area contributed by atoms with E-state index >= 15 is 0 Å². The van der Waals surface area contributed by atoms with E-state index in [0.717, 1.165) is 25.7 Å². The lowest BCUT2D eigenvalue weighted by Crippen LogP contribution is -2.23. The summed E-state index contributed by atoms with van der Waals surface area (Å²) in [5, 5.41) is 17.7. The standard InChI is InChI=1S/C23H28N4O4/c1-4-6-18(7-5-2)22(28)24-20-12-8-19(9-13-20)23(29)26-25-16(3)17-10-14-21(15-11-17)27(30)31/h8-15,18H,4-7H2,1-3H3,(H,24,28)(H,26,29)/b25-16+. The van der Waals surface area contributed by atoms with Crippen LogP contribution >= 0.6 is 0 Å². The molecule has 0 bridgehead atoms. The van der Waals surface area contributed by atoms with Crippen LogP contribution < -0.4 is 10.7 Å². The highest BCUT2D eigenvalue weighted by atomic mass is 16.6. The molecular formula is C23H28N4O4. The minimum Gasteiger partial charge on any atom is -0.326 e. The number of hydrogen-bond donors (Lipinski definition) is 2. The molecule has 0 aromatic heterocycles. The summed E-state index contributed by atoms with van der Waals surface area (Å²) >= 11 is 0. The molecule has 0 saturated heterocycles. The highest BCUT2D eigenvalue weighted by molar-refractivity contribution is 6.01. The SMILES string of the molecule is CCCC(CCC)C(=O)Nc1ccc(C(=O)N/N=C(\C)c2ccc([N+](=O)[O-])cc2)cc1. The Morgan fingerprint density at radius 2 is 1.52 bits per heavy atom. The zero-order chi connectivity index (χ0) is 22.8. The number of carbonyl (C=O) groups excluding carboxylic acids is 2.